The zero-order valence-electron chi connectivity index (χ0n) is 29.4. The van der Waals surface area contributed by atoms with Crippen LogP contribution in [0, 0.1) is 0 Å². The van der Waals surface area contributed by atoms with Crippen LogP contribution in [0.5, 0.6) is 0 Å². The summed E-state index contributed by atoms with van der Waals surface area (Å²) < 4.78 is 98.1. The van der Waals surface area contributed by atoms with Crippen LogP contribution >= 0.6 is 0 Å². The van der Waals surface area contributed by atoms with Crippen molar-refractivity contribution in [2.45, 2.75) is 83.1 Å². The molecule has 51 heavy (non-hydrogen) atoms. The van der Waals surface area contributed by atoms with Gasteiger partial charge in [0.2, 0.25) is 5.41 Å². The average Bonchev–Trinajstić information content (AvgIpc) is 3.06. The lowest BCUT2D eigenvalue weighted by molar-refractivity contribution is -0.288. The lowest BCUT2D eigenvalue weighted by Crippen LogP contribution is -2.54. The summed E-state index contributed by atoms with van der Waals surface area (Å²) >= 11 is 0. The Morgan fingerprint density at radius 3 is 1.35 bits per heavy atom. The summed E-state index contributed by atoms with van der Waals surface area (Å²) in [6.45, 7) is 10.7. The summed E-state index contributed by atoms with van der Waals surface area (Å²) in [7, 11) is 2.03. The van der Waals surface area contributed by atoms with Gasteiger partial charge < -0.3 is 20.1 Å². The van der Waals surface area contributed by atoms with Crippen LogP contribution in [0.15, 0.2) is 60.7 Å². The van der Waals surface area contributed by atoms with Gasteiger partial charge in [-0.25, -0.2) is 9.59 Å². The second-order valence-electron chi connectivity index (χ2n) is 13.2. The number of benzene rings is 3. The molecule has 0 atom stereocenters. The quantitative estimate of drug-likeness (QED) is 0.152. The Bertz CT molecular complexity index is 1770. The molecule has 0 heterocycles. The van der Waals surface area contributed by atoms with Gasteiger partial charge >= 0.3 is 24.3 Å². The largest absolute Gasteiger partial charge is 0.465 e. The Balaban J connectivity index is 2.14. The minimum atomic E-state index is -5.84. The third-order valence-corrected chi connectivity index (χ3v) is 9.20. The SMILES string of the molecule is CCC(C)(C)NC(=O)c1cc(C(=O)OC)c(C(=O)Nc2ccc(C(c3ccc(C(C)(C)CC)cc3)(C(F)(F)F)C(F)(F)F)cc2)cc1C(=O)OC. The fourth-order valence-electron chi connectivity index (χ4n) is 5.36. The van der Waals surface area contributed by atoms with Crippen molar-refractivity contribution >= 4 is 29.4 Å². The Kier molecular flexibility index (Phi) is 11.7. The van der Waals surface area contributed by atoms with Crippen LogP contribution in [0.3, 0.4) is 0 Å². The van der Waals surface area contributed by atoms with E-state index >= 15 is 0 Å². The number of carbonyl (C=O) groups excluding carboxylic acids is 4. The van der Waals surface area contributed by atoms with Gasteiger partial charge in [-0.15, -0.1) is 0 Å². The molecule has 0 saturated carbocycles. The van der Waals surface area contributed by atoms with Crippen molar-refractivity contribution in [2.24, 2.45) is 0 Å². The average molecular weight is 723 g/mol. The monoisotopic (exact) mass is 722 g/mol. The van der Waals surface area contributed by atoms with Crippen molar-refractivity contribution in [3.63, 3.8) is 0 Å². The number of hydrogen-bond donors (Lipinski definition) is 2. The molecular formula is C37H40F6N2O6. The van der Waals surface area contributed by atoms with Crippen LogP contribution in [0.1, 0.15) is 113 Å². The number of alkyl halides is 6. The van der Waals surface area contributed by atoms with Gasteiger partial charge in [-0.05, 0) is 73.1 Å². The van der Waals surface area contributed by atoms with Crippen LogP contribution < -0.4 is 10.6 Å². The standard InChI is InChI=1S/C37H40F6N2O6/c1-9-33(3,4)21-11-13-22(14-12-21)35(36(38,39)40,37(41,42)43)23-15-17-24(18-16-23)44-29(46)25-19-28(32(49)51-8)26(20-27(25)31(48)50-7)30(47)45-34(5,6)10-2/h11-20H,9-10H2,1-8H3,(H,44,46)(H,45,47). The molecule has 3 aromatic rings. The van der Waals surface area contributed by atoms with Crippen LogP contribution in [-0.4, -0.2) is 55.9 Å². The molecule has 0 unspecified atom stereocenters. The topological polar surface area (TPSA) is 111 Å². The van der Waals surface area contributed by atoms with Gasteiger partial charge in [-0.1, -0.05) is 64.1 Å². The highest BCUT2D eigenvalue weighted by molar-refractivity contribution is 6.15. The predicted molar refractivity (Wildman–Crippen MR) is 178 cm³/mol. The summed E-state index contributed by atoms with van der Waals surface area (Å²) in [4.78, 5) is 52.2. The maximum absolute atomic E-state index is 14.8. The molecule has 8 nitrogen and oxygen atoms in total. The Labute approximate surface area is 291 Å². The van der Waals surface area contributed by atoms with Gasteiger partial charge in [0.25, 0.3) is 11.8 Å². The zero-order chi connectivity index (χ0) is 38.7. The highest BCUT2D eigenvalue weighted by Crippen LogP contribution is 2.56. The fourth-order valence-corrected chi connectivity index (χ4v) is 5.36. The van der Waals surface area contributed by atoms with Crippen molar-refractivity contribution < 1.29 is 55.0 Å². The number of ether oxygens (including phenoxy) is 2. The fraction of sp³-hybridized carbons (Fsp3) is 0.405. The van der Waals surface area contributed by atoms with Gasteiger partial charge in [0, 0.05) is 11.2 Å². The van der Waals surface area contributed by atoms with E-state index < -0.39 is 80.3 Å². The molecule has 3 rings (SSSR count). The van der Waals surface area contributed by atoms with Crippen LogP contribution in [0.2, 0.25) is 0 Å². The molecule has 3 aromatic carbocycles. The highest BCUT2D eigenvalue weighted by Gasteiger charge is 2.72. The summed E-state index contributed by atoms with van der Waals surface area (Å²) in [5, 5.41) is 5.04. The molecule has 2 N–H and O–H groups in total. The first-order valence-corrected chi connectivity index (χ1v) is 15.8. The summed E-state index contributed by atoms with van der Waals surface area (Å²) in [6.07, 6.45) is -10.6. The summed E-state index contributed by atoms with van der Waals surface area (Å²) in [6, 6.07) is 8.93. The molecule has 276 valence electrons. The number of rotatable bonds is 11. The molecule has 0 bridgehead atoms. The summed E-state index contributed by atoms with van der Waals surface area (Å²) in [5.74, 6) is -3.98. The smallest absolute Gasteiger partial charge is 0.411 e. The number of methoxy groups -OCH3 is 2. The minimum Gasteiger partial charge on any atom is -0.465 e. The van der Waals surface area contributed by atoms with E-state index in [0.29, 0.717) is 30.5 Å². The van der Waals surface area contributed by atoms with E-state index in [1.54, 1.807) is 20.8 Å². The van der Waals surface area contributed by atoms with E-state index in [4.69, 9.17) is 9.47 Å². The molecule has 2 amide bonds. The maximum Gasteiger partial charge on any atom is 0.411 e. The molecule has 0 saturated heterocycles. The lowest BCUT2D eigenvalue weighted by Gasteiger charge is -2.38. The molecule has 0 aliphatic heterocycles. The second kappa shape index (κ2) is 14.8. The van der Waals surface area contributed by atoms with Crippen molar-refractivity contribution in [2.75, 3.05) is 19.5 Å². The Morgan fingerprint density at radius 1 is 0.588 bits per heavy atom. The third kappa shape index (κ3) is 8.04. The predicted octanol–water partition coefficient (Wildman–Crippen LogP) is 8.53. The summed E-state index contributed by atoms with van der Waals surface area (Å²) in [5.41, 5.74) is -9.20. The zero-order valence-corrected chi connectivity index (χ0v) is 29.4. The first kappa shape index (κ1) is 40.5. The number of carbonyl (C=O) groups is 4. The van der Waals surface area contributed by atoms with Crippen molar-refractivity contribution in [1.82, 2.24) is 5.32 Å². The first-order valence-electron chi connectivity index (χ1n) is 15.8. The molecule has 0 aliphatic carbocycles. The Morgan fingerprint density at radius 2 is 0.980 bits per heavy atom. The molecule has 0 aromatic heterocycles. The minimum absolute atomic E-state index is 0.246. The van der Waals surface area contributed by atoms with Crippen LogP contribution in [0.25, 0.3) is 0 Å². The molecule has 0 aliphatic rings. The van der Waals surface area contributed by atoms with E-state index in [-0.39, 0.29) is 11.3 Å². The van der Waals surface area contributed by atoms with Crippen molar-refractivity contribution in [1.29, 1.82) is 0 Å². The third-order valence-electron chi connectivity index (χ3n) is 9.20. The van der Waals surface area contributed by atoms with E-state index in [2.05, 4.69) is 10.6 Å². The van der Waals surface area contributed by atoms with Crippen molar-refractivity contribution in [3.8, 4) is 0 Å². The normalized spacial score (nSPS) is 12.6. The van der Waals surface area contributed by atoms with Gasteiger partial charge in [0.15, 0.2) is 0 Å². The van der Waals surface area contributed by atoms with Crippen LogP contribution in [-0.2, 0) is 20.3 Å². The van der Waals surface area contributed by atoms with E-state index in [1.807, 2.05) is 20.8 Å². The number of amides is 2. The van der Waals surface area contributed by atoms with E-state index in [0.717, 1.165) is 50.6 Å². The first-order chi connectivity index (χ1) is 23.5. The molecule has 14 heteroatoms. The number of halogens is 6. The van der Waals surface area contributed by atoms with Gasteiger partial charge in [-0.2, -0.15) is 26.3 Å². The maximum atomic E-state index is 14.8. The number of hydrogen-bond acceptors (Lipinski definition) is 6. The molecule has 0 spiro atoms. The van der Waals surface area contributed by atoms with Gasteiger partial charge in [0.05, 0.1) is 36.5 Å². The van der Waals surface area contributed by atoms with Crippen LogP contribution in [0.4, 0.5) is 32.0 Å². The highest BCUT2D eigenvalue weighted by atomic mass is 19.4. The van der Waals surface area contributed by atoms with Gasteiger partial charge in [-0.3, -0.25) is 9.59 Å². The lowest BCUT2D eigenvalue weighted by atomic mass is 9.72. The Hall–Kier alpha value is -4.88. The van der Waals surface area contributed by atoms with E-state index in [1.165, 1.54) is 12.1 Å². The van der Waals surface area contributed by atoms with E-state index in [9.17, 15) is 45.5 Å². The molecule has 0 fully saturated rings. The van der Waals surface area contributed by atoms with Crippen molar-refractivity contribution in [3.05, 3.63) is 99.6 Å². The molecule has 0 radical (unpaired) electrons. The number of esters is 2. The molecular weight excluding hydrogens is 682 g/mol. The second-order valence-corrected chi connectivity index (χ2v) is 13.2. The van der Waals surface area contributed by atoms with Gasteiger partial charge in [0.1, 0.15) is 0 Å². The number of anilines is 1. The number of nitrogens with one attached hydrogen (secondary N) is 2.